The average Bonchev–Trinajstić information content (AvgIpc) is 3.07. The van der Waals surface area contributed by atoms with Gasteiger partial charge in [-0.1, -0.05) is 0 Å². The molecule has 2 aromatic rings. The normalized spacial score (nSPS) is 11.3. The molecule has 0 aliphatic heterocycles. The van der Waals surface area contributed by atoms with Gasteiger partial charge in [0.1, 0.15) is 5.69 Å². The van der Waals surface area contributed by atoms with Crippen molar-refractivity contribution in [2.75, 3.05) is 26.0 Å². The van der Waals surface area contributed by atoms with E-state index in [0.717, 1.165) is 4.31 Å². The summed E-state index contributed by atoms with van der Waals surface area (Å²) in [6, 6.07) is 8.86. The van der Waals surface area contributed by atoms with Crippen LogP contribution in [0.5, 0.6) is 0 Å². The predicted molar refractivity (Wildman–Crippen MR) is 87.0 cm³/mol. The summed E-state index contributed by atoms with van der Waals surface area (Å²) in [6.07, 6.45) is 1.57. The highest BCUT2D eigenvalue weighted by Gasteiger charge is 2.17. The number of sulfonamides is 1. The molecule has 2 N–H and O–H groups in total. The molecule has 0 saturated carbocycles. The minimum atomic E-state index is -3.52. The first-order valence-corrected chi connectivity index (χ1v) is 8.37. The zero-order valence-corrected chi connectivity index (χ0v) is 14.0. The smallest absolute Gasteiger partial charge is 0.355 e. The van der Waals surface area contributed by atoms with E-state index >= 15 is 0 Å². The topological polar surface area (TPSA) is 109 Å². The fraction of sp³-hybridized carbons (Fsp3) is 0.200. The first-order chi connectivity index (χ1) is 11.3. The van der Waals surface area contributed by atoms with Crippen LogP contribution in [0.1, 0.15) is 10.5 Å². The number of ether oxygens (including phenoxy) is 1. The lowest BCUT2D eigenvalue weighted by Crippen LogP contribution is -2.22. The van der Waals surface area contributed by atoms with Gasteiger partial charge in [-0.15, -0.1) is 0 Å². The summed E-state index contributed by atoms with van der Waals surface area (Å²) in [4.78, 5) is 26.1. The number of aromatic nitrogens is 1. The number of anilines is 1. The number of carbonyl (C=O) groups excluding carboxylic acids is 2. The molecular weight excluding hydrogens is 334 g/mol. The number of hydrogen-bond acceptors (Lipinski definition) is 5. The zero-order chi connectivity index (χ0) is 17.7. The van der Waals surface area contributed by atoms with Crippen LogP contribution in [0.3, 0.4) is 0 Å². The van der Waals surface area contributed by atoms with Crippen molar-refractivity contribution in [2.45, 2.75) is 4.90 Å². The molecule has 0 unspecified atom stereocenters. The molecule has 128 valence electrons. The van der Waals surface area contributed by atoms with E-state index < -0.39 is 28.5 Å². The van der Waals surface area contributed by atoms with E-state index in [1.165, 1.54) is 44.4 Å². The van der Waals surface area contributed by atoms with Gasteiger partial charge in [0.15, 0.2) is 6.61 Å². The fourth-order valence-corrected chi connectivity index (χ4v) is 2.69. The zero-order valence-electron chi connectivity index (χ0n) is 13.1. The SMILES string of the molecule is CN(C)S(=O)(=O)c1ccc(NC(=O)COC(=O)c2ccc[nH]2)cc1. The molecule has 9 heteroatoms. The molecule has 0 fully saturated rings. The van der Waals surface area contributed by atoms with Crippen LogP contribution in [0.25, 0.3) is 0 Å². The highest BCUT2D eigenvalue weighted by Crippen LogP contribution is 2.16. The number of aromatic amines is 1. The van der Waals surface area contributed by atoms with Gasteiger partial charge in [-0.25, -0.2) is 17.5 Å². The maximum absolute atomic E-state index is 11.9. The van der Waals surface area contributed by atoms with Crippen molar-refractivity contribution >= 4 is 27.6 Å². The minimum Gasteiger partial charge on any atom is -0.451 e. The van der Waals surface area contributed by atoms with Gasteiger partial charge in [0, 0.05) is 26.0 Å². The summed E-state index contributed by atoms with van der Waals surface area (Å²) in [5, 5.41) is 2.52. The van der Waals surface area contributed by atoms with E-state index in [0.29, 0.717) is 5.69 Å². The van der Waals surface area contributed by atoms with Crippen molar-refractivity contribution in [2.24, 2.45) is 0 Å². The van der Waals surface area contributed by atoms with Gasteiger partial charge in [0.2, 0.25) is 10.0 Å². The Kier molecular flexibility index (Phi) is 5.37. The Balaban J connectivity index is 1.92. The standard InChI is InChI=1S/C15H17N3O5S/c1-18(2)24(21,22)12-7-5-11(6-8-12)17-14(19)10-23-15(20)13-4-3-9-16-13/h3-9,16H,10H2,1-2H3,(H,17,19). The molecule has 1 aromatic heterocycles. The van der Waals surface area contributed by atoms with Crippen LogP contribution in [0.15, 0.2) is 47.5 Å². The second kappa shape index (κ2) is 7.28. The van der Waals surface area contributed by atoms with Gasteiger partial charge in [-0.2, -0.15) is 0 Å². The molecule has 0 spiro atoms. The Morgan fingerprint density at radius 3 is 2.38 bits per heavy atom. The maximum Gasteiger partial charge on any atom is 0.355 e. The monoisotopic (exact) mass is 351 g/mol. The number of amides is 1. The molecule has 2 rings (SSSR count). The molecule has 0 aliphatic rings. The number of nitrogens with one attached hydrogen (secondary N) is 2. The summed E-state index contributed by atoms with van der Waals surface area (Å²) in [5.41, 5.74) is 0.648. The fourth-order valence-electron chi connectivity index (χ4n) is 1.78. The van der Waals surface area contributed by atoms with Crippen LogP contribution in [0.2, 0.25) is 0 Å². The molecule has 0 saturated heterocycles. The van der Waals surface area contributed by atoms with Crippen molar-refractivity contribution in [3.8, 4) is 0 Å². The van der Waals surface area contributed by atoms with E-state index in [1.54, 1.807) is 12.3 Å². The first kappa shape index (κ1) is 17.7. The summed E-state index contributed by atoms with van der Waals surface area (Å²) >= 11 is 0. The van der Waals surface area contributed by atoms with Gasteiger partial charge < -0.3 is 15.0 Å². The Labute approximate surface area is 139 Å². The Hall–Kier alpha value is -2.65. The third kappa shape index (κ3) is 4.21. The summed E-state index contributed by atoms with van der Waals surface area (Å²) in [7, 11) is -0.653. The summed E-state index contributed by atoms with van der Waals surface area (Å²) < 4.78 is 29.8. The van der Waals surface area contributed by atoms with Crippen molar-refractivity contribution in [3.63, 3.8) is 0 Å². The number of carbonyl (C=O) groups is 2. The van der Waals surface area contributed by atoms with Crippen LogP contribution in [-0.2, 0) is 19.6 Å². The molecule has 1 heterocycles. The van der Waals surface area contributed by atoms with Crippen LogP contribution in [0.4, 0.5) is 5.69 Å². The minimum absolute atomic E-state index is 0.115. The molecule has 8 nitrogen and oxygen atoms in total. The Bertz CT molecular complexity index is 811. The van der Waals surface area contributed by atoms with Gasteiger partial charge in [-0.3, -0.25) is 4.79 Å². The lowest BCUT2D eigenvalue weighted by atomic mass is 10.3. The lowest BCUT2D eigenvalue weighted by Gasteiger charge is -2.12. The number of H-pyrrole nitrogens is 1. The maximum atomic E-state index is 11.9. The number of nitrogens with zero attached hydrogens (tertiary/aromatic N) is 1. The third-order valence-corrected chi connectivity index (χ3v) is 4.90. The lowest BCUT2D eigenvalue weighted by molar-refractivity contribution is -0.119. The highest BCUT2D eigenvalue weighted by molar-refractivity contribution is 7.89. The van der Waals surface area contributed by atoms with Crippen molar-refractivity contribution in [1.29, 1.82) is 0 Å². The number of rotatable bonds is 6. The predicted octanol–water partition coefficient (Wildman–Crippen LogP) is 1.06. The van der Waals surface area contributed by atoms with Crippen molar-refractivity contribution in [3.05, 3.63) is 48.3 Å². The number of esters is 1. The quantitative estimate of drug-likeness (QED) is 0.757. The molecule has 0 atom stereocenters. The van der Waals surface area contributed by atoms with Crippen LogP contribution >= 0.6 is 0 Å². The van der Waals surface area contributed by atoms with Crippen LogP contribution < -0.4 is 5.32 Å². The molecule has 0 bridgehead atoms. The molecular formula is C15H17N3O5S. The van der Waals surface area contributed by atoms with E-state index in [9.17, 15) is 18.0 Å². The van der Waals surface area contributed by atoms with E-state index in [2.05, 4.69) is 10.3 Å². The number of benzene rings is 1. The molecule has 0 aliphatic carbocycles. The Morgan fingerprint density at radius 2 is 1.83 bits per heavy atom. The summed E-state index contributed by atoms with van der Waals surface area (Å²) in [5.74, 6) is -1.17. The second-order valence-electron chi connectivity index (χ2n) is 5.02. The molecule has 1 aromatic carbocycles. The van der Waals surface area contributed by atoms with Gasteiger partial charge in [0.25, 0.3) is 5.91 Å². The van der Waals surface area contributed by atoms with E-state index in [4.69, 9.17) is 4.74 Å². The van der Waals surface area contributed by atoms with Gasteiger partial charge >= 0.3 is 5.97 Å². The van der Waals surface area contributed by atoms with E-state index in [1.807, 2.05) is 0 Å². The van der Waals surface area contributed by atoms with Crippen molar-refractivity contribution < 1.29 is 22.7 Å². The number of hydrogen-bond donors (Lipinski definition) is 2. The second-order valence-corrected chi connectivity index (χ2v) is 7.17. The van der Waals surface area contributed by atoms with Crippen molar-refractivity contribution in [1.82, 2.24) is 9.29 Å². The molecule has 24 heavy (non-hydrogen) atoms. The van der Waals surface area contributed by atoms with E-state index in [-0.39, 0.29) is 10.6 Å². The van der Waals surface area contributed by atoms with Gasteiger partial charge in [0.05, 0.1) is 4.90 Å². The first-order valence-electron chi connectivity index (χ1n) is 6.93. The third-order valence-electron chi connectivity index (χ3n) is 3.07. The molecule has 1 amide bonds. The van der Waals surface area contributed by atoms with Crippen LogP contribution in [0, 0.1) is 0 Å². The highest BCUT2D eigenvalue weighted by atomic mass is 32.2. The van der Waals surface area contributed by atoms with Gasteiger partial charge in [-0.05, 0) is 36.4 Å². The molecule has 0 radical (unpaired) electrons. The Morgan fingerprint density at radius 1 is 1.17 bits per heavy atom. The summed E-state index contributed by atoms with van der Waals surface area (Å²) in [6.45, 7) is -0.449. The van der Waals surface area contributed by atoms with Crippen LogP contribution in [-0.4, -0.2) is 50.3 Å². The average molecular weight is 351 g/mol. The largest absolute Gasteiger partial charge is 0.451 e.